The first-order chi connectivity index (χ1) is 5.58. The number of hydrogen-bond acceptors (Lipinski definition) is 2. The fourth-order valence-electron chi connectivity index (χ4n) is 1.93. The van der Waals surface area contributed by atoms with Crippen molar-refractivity contribution in [3.8, 4) is 6.07 Å². The van der Waals surface area contributed by atoms with Crippen LogP contribution in [0.5, 0.6) is 0 Å². The van der Waals surface area contributed by atoms with E-state index in [1.54, 1.807) is 0 Å². The maximum Gasteiger partial charge on any atom is 0.0659 e. The van der Waals surface area contributed by atoms with E-state index < -0.39 is 5.60 Å². The monoisotopic (exact) mass is 167 g/mol. The van der Waals surface area contributed by atoms with Crippen molar-refractivity contribution in [3.05, 3.63) is 0 Å². The number of rotatable bonds is 0. The fraction of sp³-hybridized carbons (Fsp3) is 0.900. The molecular formula is C10H17NO. The second-order valence-corrected chi connectivity index (χ2v) is 4.13. The molecule has 0 unspecified atom stereocenters. The van der Waals surface area contributed by atoms with Crippen molar-refractivity contribution >= 4 is 0 Å². The Hall–Kier alpha value is -0.550. The van der Waals surface area contributed by atoms with Crippen LogP contribution < -0.4 is 0 Å². The molecule has 0 spiro atoms. The van der Waals surface area contributed by atoms with Crippen LogP contribution in [0.4, 0.5) is 0 Å². The van der Waals surface area contributed by atoms with E-state index in [1.807, 2.05) is 13.8 Å². The highest BCUT2D eigenvalue weighted by Crippen LogP contribution is 2.35. The summed E-state index contributed by atoms with van der Waals surface area (Å²) in [6.45, 7) is 3.84. The van der Waals surface area contributed by atoms with E-state index in [2.05, 4.69) is 6.07 Å². The van der Waals surface area contributed by atoms with Crippen molar-refractivity contribution in [1.29, 1.82) is 5.26 Å². The molecule has 0 amide bonds. The summed E-state index contributed by atoms with van der Waals surface area (Å²) in [7, 11) is 0. The molecule has 12 heavy (non-hydrogen) atoms. The van der Waals surface area contributed by atoms with Gasteiger partial charge in [-0.15, -0.1) is 0 Å². The average Bonchev–Trinajstić information content (AvgIpc) is 2.14. The van der Waals surface area contributed by atoms with Gasteiger partial charge in [0.15, 0.2) is 0 Å². The predicted molar refractivity (Wildman–Crippen MR) is 47.4 cm³/mol. The zero-order valence-corrected chi connectivity index (χ0v) is 7.88. The van der Waals surface area contributed by atoms with Gasteiger partial charge in [-0.3, -0.25) is 0 Å². The van der Waals surface area contributed by atoms with Gasteiger partial charge in [0.25, 0.3) is 0 Å². The highest BCUT2D eigenvalue weighted by Gasteiger charge is 2.35. The zero-order valence-electron chi connectivity index (χ0n) is 7.88. The van der Waals surface area contributed by atoms with E-state index in [0.29, 0.717) is 0 Å². The molecule has 3 atom stereocenters. The van der Waals surface area contributed by atoms with Gasteiger partial charge in [-0.25, -0.2) is 0 Å². The van der Waals surface area contributed by atoms with Gasteiger partial charge in [0.1, 0.15) is 0 Å². The molecule has 0 aromatic rings. The van der Waals surface area contributed by atoms with Crippen molar-refractivity contribution in [2.75, 3.05) is 0 Å². The largest absolute Gasteiger partial charge is 0.390 e. The summed E-state index contributed by atoms with van der Waals surface area (Å²) in [5.41, 5.74) is -0.628. The van der Waals surface area contributed by atoms with Gasteiger partial charge in [0.05, 0.1) is 17.6 Å². The lowest BCUT2D eigenvalue weighted by molar-refractivity contribution is -0.0101. The minimum Gasteiger partial charge on any atom is -0.390 e. The Kier molecular flexibility index (Phi) is 2.74. The highest BCUT2D eigenvalue weighted by atomic mass is 16.3. The predicted octanol–water partition coefficient (Wildman–Crippen LogP) is 2.09. The van der Waals surface area contributed by atoms with Crippen LogP contribution in [0.1, 0.15) is 39.5 Å². The Labute approximate surface area is 74.2 Å². The lowest BCUT2D eigenvalue weighted by atomic mass is 9.80. The summed E-state index contributed by atoms with van der Waals surface area (Å²) in [5.74, 6) is 0.160. The topological polar surface area (TPSA) is 44.0 Å². The Bertz CT molecular complexity index is 193. The Morgan fingerprint density at radius 3 is 2.75 bits per heavy atom. The minimum atomic E-state index is -0.628. The third-order valence-electron chi connectivity index (χ3n) is 3.20. The van der Waals surface area contributed by atoms with Crippen LogP contribution in [0, 0.1) is 23.2 Å². The molecule has 1 N–H and O–H groups in total. The van der Waals surface area contributed by atoms with E-state index in [4.69, 9.17) is 5.26 Å². The third kappa shape index (κ3) is 1.78. The van der Waals surface area contributed by atoms with E-state index in [0.717, 1.165) is 25.7 Å². The molecule has 1 fully saturated rings. The Balaban J connectivity index is 2.75. The van der Waals surface area contributed by atoms with Crippen LogP contribution in [0.25, 0.3) is 0 Å². The molecule has 2 heteroatoms. The molecule has 1 aliphatic rings. The molecule has 0 radical (unpaired) electrons. The number of aliphatic hydroxyl groups is 1. The molecule has 0 aromatic heterocycles. The Morgan fingerprint density at radius 1 is 1.50 bits per heavy atom. The molecule has 1 aliphatic carbocycles. The van der Waals surface area contributed by atoms with Crippen molar-refractivity contribution in [3.63, 3.8) is 0 Å². The second kappa shape index (κ2) is 3.45. The standard InChI is InChI=1S/C10H17NO/c1-8-9(7-11)5-3-4-6-10(8,2)12/h8-9,12H,3-6H2,1-2H3/t8-,9-,10+/m1/s1. The molecule has 0 heterocycles. The maximum absolute atomic E-state index is 9.97. The normalized spacial score (nSPS) is 43.2. The molecular weight excluding hydrogens is 150 g/mol. The van der Waals surface area contributed by atoms with Gasteiger partial charge in [0.2, 0.25) is 0 Å². The smallest absolute Gasteiger partial charge is 0.0659 e. The molecule has 2 nitrogen and oxygen atoms in total. The summed E-state index contributed by atoms with van der Waals surface area (Å²) >= 11 is 0. The third-order valence-corrected chi connectivity index (χ3v) is 3.20. The minimum absolute atomic E-state index is 0.0440. The maximum atomic E-state index is 9.97. The van der Waals surface area contributed by atoms with Crippen LogP contribution >= 0.6 is 0 Å². The highest BCUT2D eigenvalue weighted by molar-refractivity contribution is 4.96. The van der Waals surface area contributed by atoms with Gasteiger partial charge in [-0.05, 0) is 19.8 Å². The second-order valence-electron chi connectivity index (χ2n) is 4.13. The summed E-state index contributed by atoms with van der Waals surface area (Å²) < 4.78 is 0. The van der Waals surface area contributed by atoms with E-state index in [-0.39, 0.29) is 11.8 Å². The molecule has 0 saturated heterocycles. The van der Waals surface area contributed by atoms with Crippen molar-refractivity contribution in [2.24, 2.45) is 11.8 Å². The van der Waals surface area contributed by atoms with E-state index >= 15 is 0 Å². The molecule has 68 valence electrons. The number of nitrogens with zero attached hydrogens (tertiary/aromatic N) is 1. The summed E-state index contributed by atoms with van der Waals surface area (Å²) in [6, 6.07) is 2.29. The molecule has 0 aromatic carbocycles. The summed E-state index contributed by atoms with van der Waals surface area (Å²) in [4.78, 5) is 0. The lowest BCUT2D eigenvalue weighted by Crippen LogP contribution is -2.35. The quantitative estimate of drug-likeness (QED) is 0.561. The molecule has 1 rings (SSSR count). The van der Waals surface area contributed by atoms with Gasteiger partial charge in [-0.1, -0.05) is 19.8 Å². The SMILES string of the molecule is C[C@@H]1[C@@H](C#N)CCCC[C@]1(C)O. The van der Waals surface area contributed by atoms with Crippen LogP contribution in [-0.4, -0.2) is 10.7 Å². The first kappa shape index (κ1) is 9.54. The first-order valence-electron chi connectivity index (χ1n) is 4.70. The first-order valence-corrected chi connectivity index (χ1v) is 4.70. The van der Waals surface area contributed by atoms with Crippen LogP contribution in [0.2, 0.25) is 0 Å². The van der Waals surface area contributed by atoms with Crippen molar-refractivity contribution in [1.82, 2.24) is 0 Å². The van der Waals surface area contributed by atoms with Crippen molar-refractivity contribution in [2.45, 2.75) is 45.1 Å². The van der Waals surface area contributed by atoms with Gasteiger partial charge < -0.3 is 5.11 Å². The van der Waals surface area contributed by atoms with Gasteiger partial charge >= 0.3 is 0 Å². The van der Waals surface area contributed by atoms with Crippen molar-refractivity contribution < 1.29 is 5.11 Å². The van der Waals surface area contributed by atoms with Gasteiger partial charge in [0, 0.05) is 5.92 Å². The molecule has 1 saturated carbocycles. The fourth-order valence-corrected chi connectivity index (χ4v) is 1.93. The average molecular weight is 167 g/mol. The van der Waals surface area contributed by atoms with Crippen LogP contribution in [0.15, 0.2) is 0 Å². The molecule has 0 bridgehead atoms. The molecule has 0 aliphatic heterocycles. The van der Waals surface area contributed by atoms with E-state index in [1.165, 1.54) is 0 Å². The van der Waals surface area contributed by atoms with E-state index in [9.17, 15) is 5.11 Å². The summed E-state index contributed by atoms with van der Waals surface area (Å²) in [5, 5.41) is 18.8. The van der Waals surface area contributed by atoms with Crippen LogP contribution in [-0.2, 0) is 0 Å². The van der Waals surface area contributed by atoms with Gasteiger partial charge in [-0.2, -0.15) is 5.26 Å². The summed E-state index contributed by atoms with van der Waals surface area (Å²) in [6.07, 6.45) is 3.92. The Morgan fingerprint density at radius 2 is 2.17 bits per heavy atom. The number of hydrogen-bond donors (Lipinski definition) is 1. The lowest BCUT2D eigenvalue weighted by Gasteiger charge is -2.30. The zero-order chi connectivity index (χ0) is 9.19. The van der Waals surface area contributed by atoms with Crippen LogP contribution in [0.3, 0.4) is 0 Å². The number of nitriles is 1.